The maximum atomic E-state index is 12.8. The number of anilines is 1. The zero-order valence-electron chi connectivity index (χ0n) is 14.1. The fourth-order valence-electron chi connectivity index (χ4n) is 2.36. The van der Waals surface area contributed by atoms with Crippen LogP contribution in [0.25, 0.3) is 11.1 Å². The molecule has 0 aromatic carbocycles. The van der Waals surface area contributed by atoms with Gasteiger partial charge in [0.2, 0.25) is 5.13 Å². The molecular weight excluding hydrogens is 378 g/mol. The molecular formula is C16H14ClN5O3S. The van der Waals surface area contributed by atoms with Crippen molar-refractivity contribution >= 4 is 34.0 Å². The van der Waals surface area contributed by atoms with Crippen LogP contribution < -0.4 is 14.8 Å². The molecule has 0 aliphatic carbocycles. The molecule has 26 heavy (non-hydrogen) atoms. The summed E-state index contributed by atoms with van der Waals surface area (Å²) in [5, 5.41) is 11.3. The van der Waals surface area contributed by atoms with Gasteiger partial charge in [-0.25, -0.2) is 4.98 Å². The fourth-order valence-corrected chi connectivity index (χ4v) is 3.09. The minimum absolute atomic E-state index is 0.305. The molecule has 134 valence electrons. The van der Waals surface area contributed by atoms with Crippen molar-refractivity contribution in [1.82, 2.24) is 20.2 Å². The first-order valence-electron chi connectivity index (χ1n) is 7.37. The Hall–Kier alpha value is -2.78. The van der Waals surface area contributed by atoms with Crippen molar-refractivity contribution in [2.75, 3.05) is 19.5 Å². The summed E-state index contributed by atoms with van der Waals surface area (Å²) in [4.78, 5) is 21.0. The van der Waals surface area contributed by atoms with Crippen molar-refractivity contribution in [2.24, 2.45) is 0 Å². The number of hydrogen-bond donors (Lipinski definition) is 1. The molecule has 0 unspecified atom stereocenters. The number of carbonyl (C=O) groups is 1. The lowest BCUT2D eigenvalue weighted by molar-refractivity contribution is 0.102. The Bertz CT molecular complexity index is 963. The minimum atomic E-state index is -0.405. The molecule has 3 aromatic heterocycles. The van der Waals surface area contributed by atoms with Gasteiger partial charge in [-0.1, -0.05) is 16.7 Å². The highest BCUT2D eigenvalue weighted by Gasteiger charge is 2.21. The number of amides is 1. The van der Waals surface area contributed by atoms with Crippen LogP contribution in [0.2, 0.25) is 5.15 Å². The number of nitrogens with one attached hydrogen (secondary N) is 1. The molecule has 3 rings (SSSR count). The first kappa shape index (κ1) is 18.0. The highest BCUT2D eigenvalue weighted by Crippen LogP contribution is 2.36. The van der Waals surface area contributed by atoms with Gasteiger partial charge in [0.15, 0.2) is 0 Å². The molecule has 10 heteroatoms. The Morgan fingerprint density at radius 3 is 2.69 bits per heavy atom. The summed E-state index contributed by atoms with van der Waals surface area (Å²) in [6.45, 7) is 1.79. The number of carbonyl (C=O) groups excluding carboxylic acids is 1. The van der Waals surface area contributed by atoms with Gasteiger partial charge < -0.3 is 9.47 Å². The highest BCUT2D eigenvalue weighted by atomic mass is 35.5. The molecule has 0 atom stereocenters. The molecule has 0 aliphatic rings. The summed E-state index contributed by atoms with van der Waals surface area (Å²) < 4.78 is 10.5. The normalized spacial score (nSPS) is 10.5. The molecule has 8 nitrogen and oxygen atoms in total. The van der Waals surface area contributed by atoms with Gasteiger partial charge in [-0.3, -0.25) is 15.1 Å². The molecule has 0 aliphatic heterocycles. The van der Waals surface area contributed by atoms with Gasteiger partial charge in [0.1, 0.15) is 10.9 Å². The van der Waals surface area contributed by atoms with Gasteiger partial charge in [0, 0.05) is 18.0 Å². The number of rotatable bonds is 5. The fraction of sp³-hybridized carbons (Fsp3) is 0.188. The predicted molar refractivity (Wildman–Crippen MR) is 98.2 cm³/mol. The van der Waals surface area contributed by atoms with E-state index in [0.717, 1.165) is 11.3 Å². The third kappa shape index (κ3) is 3.58. The van der Waals surface area contributed by atoms with Crippen molar-refractivity contribution in [2.45, 2.75) is 6.92 Å². The van der Waals surface area contributed by atoms with Crippen LogP contribution in [0.4, 0.5) is 5.13 Å². The van der Waals surface area contributed by atoms with E-state index in [9.17, 15) is 4.79 Å². The average molecular weight is 392 g/mol. The van der Waals surface area contributed by atoms with Crippen LogP contribution in [-0.2, 0) is 0 Å². The maximum Gasteiger partial charge on any atom is 0.295 e. The molecule has 0 saturated heterocycles. The first-order valence-corrected chi connectivity index (χ1v) is 8.57. The van der Waals surface area contributed by atoms with E-state index in [1.165, 1.54) is 20.4 Å². The second-order valence-corrected chi connectivity index (χ2v) is 6.39. The van der Waals surface area contributed by atoms with Gasteiger partial charge in [-0.05, 0) is 36.0 Å². The van der Waals surface area contributed by atoms with Crippen LogP contribution in [0.1, 0.15) is 16.1 Å². The van der Waals surface area contributed by atoms with Crippen LogP contribution in [0.15, 0.2) is 24.5 Å². The van der Waals surface area contributed by atoms with E-state index in [-0.39, 0.29) is 0 Å². The zero-order valence-corrected chi connectivity index (χ0v) is 15.7. The quantitative estimate of drug-likeness (QED) is 0.666. The minimum Gasteiger partial charge on any atom is -0.494 e. The van der Waals surface area contributed by atoms with E-state index in [1.807, 2.05) is 0 Å². The SMILES string of the molecule is COc1nnc(NC(=O)c2cnc(C)c(OC)c2-c2ccnc(Cl)c2)s1. The Morgan fingerprint density at radius 1 is 1.23 bits per heavy atom. The largest absolute Gasteiger partial charge is 0.494 e. The van der Waals surface area contributed by atoms with Crippen molar-refractivity contribution in [3.8, 4) is 22.1 Å². The maximum absolute atomic E-state index is 12.8. The summed E-state index contributed by atoms with van der Waals surface area (Å²) in [6, 6.07) is 3.40. The third-order valence-corrected chi connectivity index (χ3v) is 4.48. The number of ether oxygens (including phenoxy) is 2. The molecule has 0 fully saturated rings. The summed E-state index contributed by atoms with van der Waals surface area (Å²) in [7, 11) is 3.00. The Labute approximate surface area is 158 Å². The van der Waals surface area contributed by atoms with Gasteiger partial charge in [-0.2, -0.15) is 0 Å². The van der Waals surface area contributed by atoms with Crippen LogP contribution >= 0.6 is 22.9 Å². The van der Waals surface area contributed by atoms with E-state index < -0.39 is 5.91 Å². The Kier molecular flexibility index (Phi) is 5.29. The Morgan fingerprint density at radius 2 is 2.04 bits per heavy atom. The van der Waals surface area contributed by atoms with Crippen LogP contribution in [0.3, 0.4) is 0 Å². The molecule has 0 spiro atoms. The topological polar surface area (TPSA) is 99.1 Å². The standard InChI is InChI=1S/C16H14ClN5O3S/c1-8-13(24-2)12(9-4-5-18-11(17)6-9)10(7-19-8)14(23)20-15-21-22-16(25-3)26-15/h4-7H,1-3H3,(H,20,21,23). The lowest BCUT2D eigenvalue weighted by Crippen LogP contribution is -2.14. The van der Waals surface area contributed by atoms with Gasteiger partial charge >= 0.3 is 0 Å². The smallest absolute Gasteiger partial charge is 0.295 e. The predicted octanol–water partition coefficient (Wildman–Crippen LogP) is 3.23. The lowest BCUT2D eigenvalue weighted by Gasteiger charge is -2.15. The summed E-state index contributed by atoms with van der Waals surface area (Å²) in [5.74, 6) is 0.0762. The van der Waals surface area contributed by atoms with E-state index >= 15 is 0 Å². The first-order chi connectivity index (χ1) is 12.5. The van der Waals surface area contributed by atoms with E-state index in [0.29, 0.717) is 43.6 Å². The monoisotopic (exact) mass is 391 g/mol. The highest BCUT2D eigenvalue weighted by molar-refractivity contribution is 7.17. The van der Waals surface area contributed by atoms with Crippen molar-refractivity contribution < 1.29 is 14.3 Å². The number of nitrogens with zero attached hydrogens (tertiary/aromatic N) is 4. The molecule has 1 N–H and O–H groups in total. The molecule has 0 bridgehead atoms. The van der Waals surface area contributed by atoms with Gasteiger partial charge in [0.05, 0.1) is 25.5 Å². The van der Waals surface area contributed by atoms with E-state index in [4.69, 9.17) is 21.1 Å². The van der Waals surface area contributed by atoms with Crippen molar-refractivity contribution in [1.29, 1.82) is 0 Å². The molecule has 1 amide bonds. The zero-order chi connectivity index (χ0) is 18.7. The number of aromatic nitrogens is 4. The lowest BCUT2D eigenvalue weighted by atomic mass is 9.99. The van der Waals surface area contributed by atoms with Crippen LogP contribution in [0.5, 0.6) is 10.9 Å². The number of aryl methyl sites for hydroxylation is 1. The molecule has 0 saturated carbocycles. The van der Waals surface area contributed by atoms with Crippen molar-refractivity contribution in [3.63, 3.8) is 0 Å². The number of halogens is 1. The van der Waals surface area contributed by atoms with Crippen molar-refractivity contribution in [3.05, 3.63) is 40.9 Å². The third-order valence-electron chi connectivity index (χ3n) is 3.48. The van der Waals surface area contributed by atoms with E-state index in [1.54, 1.807) is 25.3 Å². The molecule has 0 radical (unpaired) electrons. The number of hydrogen-bond acceptors (Lipinski definition) is 8. The van der Waals surface area contributed by atoms with E-state index in [2.05, 4.69) is 25.5 Å². The molecule has 3 heterocycles. The number of pyridine rings is 2. The second kappa shape index (κ2) is 7.63. The van der Waals surface area contributed by atoms with Gasteiger partial charge in [-0.15, -0.1) is 5.10 Å². The summed E-state index contributed by atoms with van der Waals surface area (Å²) >= 11 is 7.13. The van der Waals surface area contributed by atoms with Gasteiger partial charge in [0.25, 0.3) is 11.1 Å². The second-order valence-electron chi connectivity index (χ2n) is 5.06. The summed E-state index contributed by atoms with van der Waals surface area (Å²) in [5.41, 5.74) is 2.21. The number of methoxy groups -OCH3 is 2. The van der Waals surface area contributed by atoms with Crippen LogP contribution in [0, 0.1) is 6.92 Å². The van der Waals surface area contributed by atoms with Crippen LogP contribution in [-0.4, -0.2) is 40.3 Å². The molecule has 3 aromatic rings. The summed E-state index contributed by atoms with van der Waals surface area (Å²) in [6.07, 6.45) is 3.04. The average Bonchev–Trinajstić information content (AvgIpc) is 3.08. The Balaban J connectivity index is 2.07.